The maximum absolute atomic E-state index is 12.1. The first kappa shape index (κ1) is 18.8. The second-order valence-electron chi connectivity index (χ2n) is 4.84. The lowest BCUT2D eigenvalue weighted by atomic mass is 10.1. The number of benzene rings is 1. The second kappa shape index (κ2) is 9.04. The molecule has 1 aliphatic heterocycles. The van der Waals surface area contributed by atoms with E-state index in [1.54, 1.807) is 0 Å². The quantitative estimate of drug-likeness (QED) is 0.564. The number of nitrogens with one attached hydrogen (secondary N) is 1. The van der Waals surface area contributed by atoms with Crippen LogP contribution in [-0.2, 0) is 9.53 Å². The van der Waals surface area contributed by atoms with Crippen molar-refractivity contribution < 1.29 is 43.3 Å². The summed E-state index contributed by atoms with van der Waals surface area (Å²) in [6.07, 6.45) is 2.41. The minimum absolute atomic E-state index is 0.0874. The van der Waals surface area contributed by atoms with Crippen LogP contribution in [0.2, 0.25) is 0 Å². The number of carbonyl (C=O) groups excluding carboxylic acids is 1. The number of carbonyl (C=O) groups is 1. The Morgan fingerprint density at radius 1 is 1.18 bits per heavy atom. The predicted octanol–water partition coefficient (Wildman–Crippen LogP) is -3.79. The van der Waals surface area contributed by atoms with E-state index in [0.717, 1.165) is 18.7 Å². The molecule has 0 aliphatic carbocycles. The number of hydrogen-bond acceptors (Lipinski definition) is 6. The van der Waals surface area contributed by atoms with Crippen molar-refractivity contribution in [2.75, 3.05) is 19.7 Å². The molecule has 1 unspecified atom stereocenters. The fourth-order valence-electron chi connectivity index (χ4n) is 2.53. The summed E-state index contributed by atoms with van der Waals surface area (Å²) in [4.78, 5) is 13.4. The van der Waals surface area contributed by atoms with Gasteiger partial charge in [-0.05, 0) is 6.92 Å². The SMILES string of the molecule is CCOC(=O)C(c1ccccc1)[NH+]1CCCC1.[O-][Cl+3]([O-])([O-])[O-]. The van der Waals surface area contributed by atoms with Gasteiger partial charge in [0, 0.05) is 18.4 Å². The van der Waals surface area contributed by atoms with Crippen molar-refractivity contribution in [1.82, 2.24) is 0 Å². The Kier molecular flexibility index (Phi) is 7.74. The zero-order valence-corrected chi connectivity index (χ0v) is 13.1. The van der Waals surface area contributed by atoms with Crippen LogP contribution in [0.1, 0.15) is 31.4 Å². The molecule has 1 atom stereocenters. The smallest absolute Gasteiger partial charge is 0.369 e. The highest BCUT2D eigenvalue weighted by molar-refractivity contribution is 5.76. The average molecular weight is 334 g/mol. The molecule has 1 aromatic carbocycles. The zero-order valence-electron chi connectivity index (χ0n) is 12.3. The van der Waals surface area contributed by atoms with Crippen molar-refractivity contribution in [3.8, 4) is 0 Å². The monoisotopic (exact) mass is 333 g/mol. The highest BCUT2D eigenvalue weighted by Crippen LogP contribution is 2.12. The third kappa shape index (κ3) is 7.17. The Balaban J connectivity index is 0.000000422. The number of rotatable bonds is 4. The molecule has 1 fully saturated rings. The fourth-order valence-corrected chi connectivity index (χ4v) is 2.53. The van der Waals surface area contributed by atoms with Crippen molar-refractivity contribution in [2.24, 2.45) is 0 Å². The second-order valence-corrected chi connectivity index (χ2v) is 5.59. The molecule has 1 aromatic rings. The van der Waals surface area contributed by atoms with E-state index in [-0.39, 0.29) is 12.0 Å². The standard InChI is InChI=1S/C14H19NO2.ClHO4/c1-2-17-14(16)13(15-10-6-7-11-15)12-8-4-3-5-9-12;2-1(3,4)5/h3-5,8-9,13H,2,6-7,10-11H2,1H3;(H,2,3,4,5). The third-order valence-electron chi connectivity index (χ3n) is 3.31. The summed E-state index contributed by atoms with van der Waals surface area (Å²) in [6.45, 7) is 4.45. The number of halogens is 1. The molecule has 0 radical (unpaired) electrons. The molecule has 22 heavy (non-hydrogen) atoms. The molecule has 0 amide bonds. The normalized spacial score (nSPS) is 16.6. The van der Waals surface area contributed by atoms with Crippen LogP contribution in [0.5, 0.6) is 0 Å². The van der Waals surface area contributed by atoms with Crippen molar-refractivity contribution in [3.05, 3.63) is 35.9 Å². The Morgan fingerprint density at radius 2 is 1.68 bits per heavy atom. The molecule has 0 bridgehead atoms. The van der Waals surface area contributed by atoms with E-state index in [4.69, 9.17) is 23.4 Å². The lowest BCUT2D eigenvalue weighted by Crippen LogP contribution is -3.11. The van der Waals surface area contributed by atoms with Gasteiger partial charge in [-0.3, -0.25) is 0 Å². The third-order valence-corrected chi connectivity index (χ3v) is 3.31. The van der Waals surface area contributed by atoms with Crippen molar-refractivity contribution >= 4 is 5.97 Å². The lowest BCUT2D eigenvalue weighted by Gasteiger charge is -2.22. The van der Waals surface area contributed by atoms with Gasteiger partial charge in [-0.25, -0.2) is 23.4 Å². The summed E-state index contributed by atoms with van der Waals surface area (Å²) in [5, 5.41) is 0. The molecular weight excluding hydrogens is 314 g/mol. The average Bonchev–Trinajstić information content (AvgIpc) is 2.92. The van der Waals surface area contributed by atoms with Gasteiger partial charge >= 0.3 is 5.97 Å². The molecular formula is C14H20ClNO6. The van der Waals surface area contributed by atoms with Gasteiger partial charge in [0.25, 0.3) is 0 Å². The zero-order chi connectivity index (χ0) is 16.6. The van der Waals surface area contributed by atoms with Gasteiger partial charge in [0.05, 0.1) is 19.7 Å². The van der Waals surface area contributed by atoms with Gasteiger partial charge in [-0.2, -0.15) is 0 Å². The number of likely N-dealkylation sites (tertiary alicyclic amines) is 1. The summed E-state index contributed by atoms with van der Waals surface area (Å²) in [5.41, 5.74) is 1.07. The molecule has 1 N–H and O–H groups in total. The number of hydrogen-bond donors (Lipinski definition) is 1. The topological polar surface area (TPSA) is 123 Å². The van der Waals surface area contributed by atoms with E-state index >= 15 is 0 Å². The molecule has 1 aliphatic rings. The number of ether oxygens (including phenoxy) is 1. The van der Waals surface area contributed by atoms with Crippen molar-refractivity contribution in [3.63, 3.8) is 0 Å². The molecule has 0 aromatic heterocycles. The van der Waals surface area contributed by atoms with Gasteiger partial charge in [0.1, 0.15) is 0 Å². The Bertz CT molecular complexity index is 438. The van der Waals surface area contributed by atoms with Gasteiger partial charge < -0.3 is 9.64 Å². The van der Waals surface area contributed by atoms with Crippen LogP contribution in [0.4, 0.5) is 0 Å². The first-order chi connectivity index (χ1) is 10.3. The minimum Gasteiger partial charge on any atom is -0.461 e. The van der Waals surface area contributed by atoms with E-state index in [2.05, 4.69) is 0 Å². The van der Waals surface area contributed by atoms with E-state index in [1.807, 2.05) is 37.3 Å². The van der Waals surface area contributed by atoms with Crippen LogP contribution in [0.15, 0.2) is 30.3 Å². The van der Waals surface area contributed by atoms with E-state index in [0.29, 0.717) is 6.61 Å². The van der Waals surface area contributed by atoms with Gasteiger partial charge in [-0.1, -0.05) is 30.3 Å². The molecule has 124 valence electrons. The summed E-state index contributed by atoms with van der Waals surface area (Å²) < 4.78 is 39.2. The molecule has 8 heteroatoms. The molecule has 0 spiro atoms. The van der Waals surface area contributed by atoms with E-state index < -0.39 is 10.2 Å². The fraction of sp³-hybridized carbons (Fsp3) is 0.500. The summed E-state index contributed by atoms with van der Waals surface area (Å²) >= 11 is 0. The van der Waals surface area contributed by atoms with Crippen LogP contribution in [0.3, 0.4) is 0 Å². The Labute approximate surface area is 131 Å². The van der Waals surface area contributed by atoms with E-state index in [1.165, 1.54) is 17.7 Å². The molecule has 7 nitrogen and oxygen atoms in total. The Morgan fingerprint density at radius 3 is 2.14 bits per heavy atom. The summed E-state index contributed by atoms with van der Waals surface area (Å²) in [6, 6.07) is 9.84. The molecule has 1 heterocycles. The minimum atomic E-state index is -4.94. The van der Waals surface area contributed by atoms with Crippen molar-refractivity contribution in [1.29, 1.82) is 0 Å². The van der Waals surface area contributed by atoms with Crippen LogP contribution < -0.4 is 23.5 Å². The van der Waals surface area contributed by atoms with Crippen molar-refractivity contribution in [2.45, 2.75) is 25.8 Å². The molecule has 1 saturated heterocycles. The van der Waals surface area contributed by atoms with E-state index in [9.17, 15) is 4.79 Å². The van der Waals surface area contributed by atoms with Gasteiger partial charge in [0.15, 0.2) is 0 Å². The predicted molar refractivity (Wildman–Crippen MR) is 65.7 cm³/mol. The van der Waals surface area contributed by atoms with Crippen LogP contribution in [0, 0.1) is 10.2 Å². The van der Waals surface area contributed by atoms with Crippen LogP contribution in [0.25, 0.3) is 0 Å². The largest absolute Gasteiger partial charge is 0.461 e. The first-order valence-electron chi connectivity index (χ1n) is 7.01. The Hall–Kier alpha value is -1.22. The maximum atomic E-state index is 12.1. The molecule has 2 rings (SSSR count). The van der Waals surface area contributed by atoms with Crippen LogP contribution in [-0.4, -0.2) is 25.7 Å². The number of quaternary nitrogens is 1. The highest BCUT2D eigenvalue weighted by Gasteiger charge is 2.34. The van der Waals surface area contributed by atoms with Gasteiger partial charge in [-0.15, -0.1) is 10.2 Å². The maximum Gasteiger partial charge on any atom is 0.369 e. The van der Waals surface area contributed by atoms with Crippen LogP contribution >= 0.6 is 0 Å². The lowest BCUT2D eigenvalue weighted by molar-refractivity contribution is -2.00. The molecule has 0 saturated carbocycles. The summed E-state index contributed by atoms with van der Waals surface area (Å²) in [5.74, 6) is -0.0874. The first-order valence-corrected chi connectivity index (χ1v) is 8.24. The number of esters is 1. The summed E-state index contributed by atoms with van der Waals surface area (Å²) in [7, 11) is -4.94. The highest BCUT2D eigenvalue weighted by atomic mass is 35.7. The van der Waals surface area contributed by atoms with Gasteiger partial charge in [0.2, 0.25) is 6.04 Å².